The van der Waals surface area contributed by atoms with Crippen LogP contribution in [0.3, 0.4) is 0 Å². The van der Waals surface area contributed by atoms with Crippen molar-refractivity contribution in [1.29, 1.82) is 0 Å². The minimum absolute atomic E-state index is 0.522. The number of nitrogens with two attached hydrogens (primary N) is 1. The molecular weight excluding hydrogens is 218 g/mol. The Morgan fingerprint density at radius 3 is 2.22 bits per heavy atom. The number of benzene rings is 2. The number of hydrogen-bond donors (Lipinski definition) is 1. The second-order valence-electron chi connectivity index (χ2n) is 4.98. The number of hydrogen-bond acceptors (Lipinski definition) is 1. The maximum Gasteiger partial charge on any atom is -0.00425 e. The topological polar surface area (TPSA) is 26.0 Å². The molecule has 1 nitrogen and oxygen atoms in total. The van der Waals surface area contributed by atoms with Gasteiger partial charge < -0.3 is 5.73 Å². The van der Waals surface area contributed by atoms with Crippen molar-refractivity contribution in [3.8, 4) is 0 Å². The highest BCUT2D eigenvalue weighted by atomic mass is 14.5. The van der Waals surface area contributed by atoms with Crippen LogP contribution in [0.4, 0.5) is 0 Å². The van der Waals surface area contributed by atoms with Crippen molar-refractivity contribution < 1.29 is 0 Å². The maximum atomic E-state index is 5.91. The Morgan fingerprint density at radius 1 is 0.889 bits per heavy atom. The average Bonchev–Trinajstić information content (AvgIpc) is 2.39. The van der Waals surface area contributed by atoms with Crippen molar-refractivity contribution in [2.24, 2.45) is 11.7 Å². The van der Waals surface area contributed by atoms with Crippen LogP contribution in [0, 0.1) is 12.8 Å². The first-order chi connectivity index (χ1) is 8.78. The van der Waals surface area contributed by atoms with Crippen LogP contribution in [0.2, 0.25) is 0 Å². The number of rotatable bonds is 5. The Morgan fingerprint density at radius 2 is 1.56 bits per heavy atom. The second-order valence-corrected chi connectivity index (χ2v) is 4.98. The van der Waals surface area contributed by atoms with Crippen molar-refractivity contribution >= 4 is 0 Å². The molecule has 0 saturated heterocycles. The third-order valence-electron chi connectivity index (χ3n) is 3.31. The predicted molar refractivity (Wildman–Crippen MR) is 77.6 cm³/mol. The van der Waals surface area contributed by atoms with E-state index in [1.54, 1.807) is 0 Å². The summed E-state index contributed by atoms with van der Waals surface area (Å²) >= 11 is 0. The Kier molecular flexibility index (Phi) is 4.54. The van der Waals surface area contributed by atoms with Gasteiger partial charge in [-0.05, 0) is 43.4 Å². The van der Waals surface area contributed by atoms with Gasteiger partial charge in [0.2, 0.25) is 0 Å². The summed E-state index contributed by atoms with van der Waals surface area (Å²) in [7, 11) is 0. The summed E-state index contributed by atoms with van der Waals surface area (Å²) in [5.41, 5.74) is 9.99. The van der Waals surface area contributed by atoms with E-state index >= 15 is 0 Å². The summed E-state index contributed by atoms with van der Waals surface area (Å²) in [6, 6.07) is 19.3. The van der Waals surface area contributed by atoms with Gasteiger partial charge >= 0.3 is 0 Å². The van der Waals surface area contributed by atoms with Gasteiger partial charge in [0.1, 0.15) is 0 Å². The van der Waals surface area contributed by atoms with Gasteiger partial charge in [-0.2, -0.15) is 0 Å². The normalized spacial score (nSPS) is 12.3. The molecule has 0 saturated carbocycles. The van der Waals surface area contributed by atoms with E-state index < -0.39 is 0 Å². The van der Waals surface area contributed by atoms with Crippen LogP contribution in [0.25, 0.3) is 0 Å². The molecule has 0 bridgehead atoms. The minimum Gasteiger partial charge on any atom is -0.330 e. The van der Waals surface area contributed by atoms with Crippen molar-refractivity contribution in [2.45, 2.75) is 19.8 Å². The lowest BCUT2D eigenvalue weighted by Gasteiger charge is -2.15. The molecule has 0 aliphatic carbocycles. The largest absolute Gasteiger partial charge is 0.330 e. The SMILES string of the molecule is Cc1cccc(CC(CN)Cc2ccccc2)c1. The van der Waals surface area contributed by atoms with Crippen molar-refractivity contribution in [3.05, 3.63) is 71.3 Å². The van der Waals surface area contributed by atoms with Gasteiger partial charge in [-0.3, -0.25) is 0 Å². The van der Waals surface area contributed by atoms with Crippen LogP contribution in [0.1, 0.15) is 16.7 Å². The first kappa shape index (κ1) is 12.8. The molecule has 1 atom stereocenters. The van der Waals surface area contributed by atoms with Crippen molar-refractivity contribution in [1.82, 2.24) is 0 Å². The zero-order valence-corrected chi connectivity index (χ0v) is 11.0. The van der Waals surface area contributed by atoms with E-state index in [2.05, 4.69) is 61.5 Å². The molecule has 0 aliphatic heterocycles. The molecule has 0 radical (unpaired) electrons. The minimum atomic E-state index is 0.522. The molecule has 0 spiro atoms. The maximum absolute atomic E-state index is 5.91. The molecule has 2 N–H and O–H groups in total. The van der Waals surface area contributed by atoms with E-state index in [1.165, 1.54) is 16.7 Å². The third kappa shape index (κ3) is 3.71. The second kappa shape index (κ2) is 6.36. The highest BCUT2D eigenvalue weighted by molar-refractivity contribution is 5.23. The van der Waals surface area contributed by atoms with Gasteiger partial charge in [0.15, 0.2) is 0 Å². The lowest BCUT2D eigenvalue weighted by molar-refractivity contribution is 0.533. The molecule has 1 heteroatoms. The van der Waals surface area contributed by atoms with Gasteiger partial charge in [-0.25, -0.2) is 0 Å². The highest BCUT2D eigenvalue weighted by Gasteiger charge is 2.08. The zero-order valence-electron chi connectivity index (χ0n) is 11.0. The lowest BCUT2D eigenvalue weighted by atomic mass is 9.92. The van der Waals surface area contributed by atoms with Gasteiger partial charge in [0.05, 0.1) is 0 Å². The van der Waals surface area contributed by atoms with Crippen LogP contribution >= 0.6 is 0 Å². The summed E-state index contributed by atoms with van der Waals surface area (Å²) in [4.78, 5) is 0. The highest BCUT2D eigenvalue weighted by Crippen LogP contribution is 2.14. The lowest BCUT2D eigenvalue weighted by Crippen LogP contribution is -2.19. The van der Waals surface area contributed by atoms with E-state index in [-0.39, 0.29) is 0 Å². The first-order valence-electron chi connectivity index (χ1n) is 6.57. The fraction of sp³-hybridized carbons (Fsp3) is 0.294. The van der Waals surface area contributed by atoms with Crippen LogP contribution in [0.15, 0.2) is 54.6 Å². The van der Waals surface area contributed by atoms with E-state index in [1.807, 2.05) is 0 Å². The summed E-state index contributed by atoms with van der Waals surface area (Å²) in [6.07, 6.45) is 2.12. The standard InChI is InChI=1S/C17H21N/c1-14-6-5-9-16(10-14)12-17(13-18)11-15-7-3-2-4-8-15/h2-10,17H,11-13,18H2,1H3. The van der Waals surface area contributed by atoms with Crippen molar-refractivity contribution in [3.63, 3.8) is 0 Å². The van der Waals surface area contributed by atoms with E-state index in [0.29, 0.717) is 5.92 Å². The van der Waals surface area contributed by atoms with Gasteiger partial charge in [0, 0.05) is 0 Å². The summed E-state index contributed by atoms with van der Waals surface area (Å²) in [6.45, 7) is 2.88. The molecule has 18 heavy (non-hydrogen) atoms. The molecule has 0 aromatic heterocycles. The van der Waals surface area contributed by atoms with E-state index in [0.717, 1.165) is 19.4 Å². The Hall–Kier alpha value is -1.60. The molecule has 0 aliphatic rings. The fourth-order valence-corrected chi connectivity index (χ4v) is 2.36. The quantitative estimate of drug-likeness (QED) is 0.850. The molecule has 0 heterocycles. The smallest absolute Gasteiger partial charge is 0.00425 e. The molecule has 2 rings (SSSR count). The molecule has 2 aromatic rings. The van der Waals surface area contributed by atoms with Crippen molar-refractivity contribution in [2.75, 3.05) is 6.54 Å². The Bertz CT molecular complexity index is 476. The van der Waals surface area contributed by atoms with Gasteiger partial charge in [-0.15, -0.1) is 0 Å². The third-order valence-corrected chi connectivity index (χ3v) is 3.31. The van der Waals surface area contributed by atoms with E-state index in [9.17, 15) is 0 Å². The van der Waals surface area contributed by atoms with E-state index in [4.69, 9.17) is 5.73 Å². The first-order valence-corrected chi connectivity index (χ1v) is 6.57. The van der Waals surface area contributed by atoms with Gasteiger partial charge in [-0.1, -0.05) is 60.2 Å². The monoisotopic (exact) mass is 239 g/mol. The van der Waals surface area contributed by atoms with Crippen LogP contribution in [-0.4, -0.2) is 6.54 Å². The Balaban J connectivity index is 2.01. The van der Waals surface area contributed by atoms with Crippen LogP contribution in [-0.2, 0) is 12.8 Å². The average molecular weight is 239 g/mol. The van der Waals surface area contributed by atoms with Crippen LogP contribution in [0.5, 0.6) is 0 Å². The molecule has 0 fully saturated rings. The predicted octanol–water partition coefficient (Wildman–Crippen LogP) is 3.36. The summed E-state index contributed by atoms with van der Waals surface area (Å²) in [5.74, 6) is 0.522. The molecular formula is C17H21N. The van der Waals surface area contributed by atoms with Crippen LogP contribution < -0.4 is 5.73 Å². The molecule has 1 unspecified atom stereocenters. The summed E-state index contributed by atoms with van der Waals surface area (Å²) < 4.78 is 0. The molecule has 2 aromatic carbocycles. The van der Waals surface area contributed by atoms with Gasteiger partial charge in [0.25, 0.3) is 0 Å². The Labute approximate surface area is 110 Å². The molecule has 94 valence electrons. The molecule has 0 amide bonds. The fourth-order valence-electron chi connectivity index (χ4n) is 2.36. The number of aryl methyl sites for hydroxylation is 1. The zero-order chi connectivity index (χ0) is 12.8. The summed E-state index contributed by atoms with van der Waals surface area (Å²) in [5, 5.41) is 0.